The highest BCUT2D eigenvalue weighted by molar-refractivity contribution is 5.80. The molecule has 0 bridgehead atoms. The van der Waals surface area contributed by atoms with E-state index in [0.29, 0.717) is 6.42 Å². The normalized spacial score (nSPS) is 22.9. The summed E-state index contributed by atoms with van der Waals surface area (Å²) in [7, 11) is 2.12. The van der Waals surface area contributed by atoms with E-state index >= 15 is 0 Å². The fraction of sp³-hybridized carbons (Fsp3) is 0.889. The van der Waals surface area contributed by atoms with Crippen molar-refractivity contribution in [2.75, 3.05) is 33.2 Å². The Labute approximate surface area is 90.7 Å². The molecule has 0 amide bonds. The SMILES string of the molecule is CC(CC(N)=NO)NN1CCN(C)CC1. The van der Waals surface area contributed by atoms with Crippen molar-refractivity contribution in [2.45, 2.75) is 19.4 Å². The van der Waals surface area contributed by atoms with Crippen molar-refractivity contribution < 1.29 is 5.21 Å². The first-order valence-electron chi connectivity index (χ1n) is 5.28. The highest BCUT2D eigenvalue weighted by atomic mass is 16.4. The fourth-order valence-electron chi connectivity index (χ4n) is 1.65. The van der Waals surface area contributed by atoms with Gasteiger partial charge in [0.05, 0.1) is 0 Å². The zero-order valence-corrected chi connectivity index (χ0v) is 9.48. The van der Waals surface area contributed by atoms with Crippen LogP contribution in [0.4, 0.5) is 0 Å². The summed E-state index contributed by atoms with van der Waals surface area (Å²) < 4.78 is 0. The molecule has 0 saturated carbocycles. The number of amidine groups is 1. The van der Waals surface area contributed by atoms with E-state index in [0.717, 1.165) is 26.2 Å². The third-order valence-corrected chi connectivity index (χ3v) is 2.55. The van der Waals surface area contributed by atoms with Crippen LogP contribution in [0.5, 0.6) is 0 Å². The van der Waals surface area contributed by atoms with Crippen molar-refractivity contribution in [1.82, 2.24) is 15.3 Å². The molecular formula is C9H21N5O. The quantitative estimate of drug-likeness (QED) is 0.249. The van der Waals surface area contributed by atoms with Crippen LogP contribution in [-0.4, -0.2) is 60.2 Å². The maximum absolute atomic E-state index is 8.44. The number of nitrogens with two attached hydrogens (primary N) is 1. The number of hydrogen-bond acceptors (Lipinski definition) is 5. The minimum Gasteiger partial charge on any atom is -0.409 e. The van der Waals surface area contributed by atoms with Gasteiger partial charge >= 0.3 is 0 Å². The second kappa shape index (κ2) is 5.89. The molecule has 0 aromatic rings. The Bertz CT molecular complexity index is 213. The van der Waals surface area contributed by atoms with Crippen LogP contribution in [0.2, 0.25) is 0 Å². The van der Waals surface area contributed by atoms with Gasteiger partial charge in [0.1, 0.15) is 5.84 Å². The predicted octanol–water partition coefficient (Wildman–Crippen LogP) is -0.737. The molecular weight excluding hydrogens is 194 g/mol. The summed E-state index contributed by atoms with van der Waals surface area (Å²) in [4.78, 5) is 2.30. The lowest BCUT2D eigenvalue weighted by Gasteiger charge is -2.34. The Morgan fingerprint density at radius 1 is 1.47 bits per heavy atom. The van der Waals surface area contributed by atoms with Gasteiger partial charge in [-0.25, -0.2) is 5.01 Å². The molecule has 1 aliphatic rings. The summed E-state index contributed by atoms with van der Waals surface area (Å²) >= 11 is 0. The van der Waals surface area contributed by atoms with E-state index < -0.39 is 0 Å². The van der Waals surface area contributed by atoms with Gasteiger partial charge in [-0.3, -0.25) is 5.43 Å². The van der Waals surface area contributed by atoms with Crippen LogP contribution >= 0.6 is 0 Å². The molecule has 88 valence electrons. The number of likely N-dealkylation sites (N-methyl/N-ethyl adjacent to an activating group) is 1. The van der Waals surface area contributed by atoms with Gasteiger partial charge in [0.2, 0.25) is 0 Å². The molecule has 0 radical (unpaired) electrons. The Balaban J connectivity index is 2.23. The van der Waals surface area contributed by atoms with Crippen LogP contribution in [-0.2, 0) is 0 Å². The lowest BCUT2D eigenvalue weighted by Crippen LogP contribution is -2.53. The molecule has 1 heterocycles. The number of nitrogens with one attached hydrogen (secondary N) is 1. The van der Waals surface area contributed by atoms with Gasteiger partial charge in [-0.1, -0.05) is 5.16 Å². The Morgan fingerprint density at radius 2 is 2.07 bits per heavy atom. The molecule has 1 fully saturated rings. The van der Waals surface area contributed by atoms with Gasteiger partial charge in [0.25, 0.3) is 0 Å². The van der Waals surface area contributed by atoms with E-state index in [2.05, 4.69) is 27.5 Å². The van der Waals surface area contributed by atoms with E-state index in [9.17, 15) is 0 Å². The smallest absolute Gasteiger partial charge is 0.140 e. The van der Waals surface area contributed by atoms with Crippen molar-refractivity contribution in [1.29, 1.82) is 0 Å². The maximum Gasteiger partial charge on any atom is 0.140 e. The summed E-state index contributed by atoms with van der Waals surface area (Å²) in [5.41, 5.74) is 8.77. The van der Waals surface area contributed by atoms with Crippen LogP contribution in [0.1, 0.15) is 13.3 Å². The number of nitrogens with zero attached hydrogens (tertiary/aromatic N) is 3. The molecule has 1 atom stereocenters. The minimum atomic E-state index is 0.198. The molecule has 1 aliphatic heterocycles. The molecule has 0 aromatic heterocycles. The fourth-order valence-corrected chi connectivity index (χ4v) is 1.65. The van der Waals surface area contributed by atoms with Crippen molar-refractivity contribution >= 4 is 5.84 Å². The molecule has 0 spiro atoms. The summed E-state index contributed by atoms with van der Waals surface area (Å²) in [6.45, 7) is 6.19. The van der Waals surface area contributed by atoms with Crippen LogP contribution in [0.15, 0.2) is 5.16 Å². The number of hydrazine groups is 1. The van der Waals surface area contributed by atoms with Gasteiger partial charge < -0.3 is 15.8 Å². The minimum absolute atomic E-state index is 0.198. The van der Waals surface area contributed by atoms with Crippen LogP contribution in [0.3, 0.4) is 0 Å². The van der Waals surface area contributed by atoms with E-state index in [4.69, 9.17) is 10.9 Å². The van der Waals surface area contributed by atoms with Crippen LogP contribution < -0.4 is 11.2 Å². The summed E-state index contributed by atoms with van der Waals surface area (Å²) in [5.74, 6) is 0.268. The summed E-state index contributed by atoms with van der Waals surface area (Å²) in [6.07, 6.45) is 0.558. The van der Waals surface area contributed by atoms with Gasteiger partial charge in [0.15, 0.2) is 0 Å². The Kier molecular flexibility index (Phi) is 4.80. The van der Waals surface area contributed by atoms with Crippen molar-refractivity contribution in [2.24, 2.45) is 10.9 Å². The topological polar surface area (TPSA) is 77.1 Å². The lowest BCUT2D eigenvalue weighted by molar-refractivity contribution is 0.0909. The zero-order chi connectivity index (χ0) is 11.3. The third kappa shape index (κ3) is 4.46. The number of rotatable bonds is 4. The molecule has 1 unspecified atom stereocenters. The molecule has 6 nitrogen and oxygen atoms in total. The standard InChI is InChI=1S/C9H21N5O/c1-8(7-9(10)12-15)11-14-5-3-13(2)4-6-14/h8,11,15H,3-7H2,1-2H3,(H2,10,12). The molecule has 0 aromatic carbocycles. The molecule has 1 saturated heterocycles. The van der Waals surface area contributed by atoms with E-state index in [1.165, 1.54) is 0 Å². The van der Waals surface area contributed by atoms with E-state index in [1.807, 2.05) is 6.92 Å². The highest BCUT2D eigenvalue weighted by Gasteiger charge is 2.15. The number of oxime groups is 1. The first-order valence-corrected chi connectivity index (χ1v) is 5.28. The first-order chi connectivity index (χ1) is 7.11. The molecule has 6 heteroatoms. The molecule has 4 N–H and O–H groups in total. The second-order valence-electron chi connectivity index (χ2n) is 4.12. The van der Waals surface area contributed by atoms with Gasteiger partial charge in [0, 0.05) is 38.6 Å². The summed E-state index contributed by atoms with van der Waals surface area (Å²) in [6, 6.07) is 0.198. The molecule has 15 heavy (non-hydrogen) atoms. The Morgan fingerprint density at radius 3 is 2.60 bits per heavy atom. The van der Waals surface area contributed by atoms with Crippen molar-refractivity contribution in [3.8, 4) is 0 Å². The van der Waals surface area contributed by atoms with Crippen LogP contribution in [0.25, 0.3) is 0 Å². The zero-order valence-electron chi connectivity index (χ0n) is 9.48. The molecule has 0 aliphatic carbocycles. The lowest BCUT2D eigenvalue weighted by atomic mass is 10.2. The second-order valence-corrected chi connectivity index (χ2v) is 4.12. The first kappa shape index (κ1) is 12.2. The molecule has 1 rings (SSSR count). The monoisotopic (exact) mass is 215 g/mol. The Hall–Kier alpha value is -0.850. The summed E-state index contributed by atoms with van der Waals surface area (Å²) in [5, 5.41) is 13.6. The van der Waals surface area contributed by atoms with E-state index in [-0.39, 0.29) is 11.9 Å². The average Bonchev–Trinajstić information content (AvgIpc) is 2.21. The van der Waals surface area contributed by atoms with E-state index in [1.54, 1.807) is 0 Å². The maximum atomic E-state index is 8.44. The predicted molar refractivity (Wildman–Crippen MR) is 59.7 cm³/mol. The van der Waals surface area contributed by atoms with Gasteiger partial charge in [-0.2, -0.15) is 0 Å². The third-order valence-electron chi connectivity index (χ3n) is 2.55. The largest absolute Gasteiger partial charge is 0.409 e. The number of piperazine rings is 1. The average molecular weight is 215 g/mol. The van der Waals surface area contributed by atoms with Gasteiger partial charge in [-0.15, -0.1) is 0 Å². The number of hydrogen-bond donors (Lipinski definition) is 3. The van der Waals surface area contributed by atoms with Gasteiger partial charge in [-0.05, 0) is 14.0 Å². The van der Waals surface area contributed by atoms with Crippen molar-refractivity contribution in [3.05, 3.63) is 0 Å². The highest BCUT2D eigenvalue weighted by Crippen LogP contribution is 1.98. The van der Waals surface area contributed by atoms with Crippen molar-refractivity contribution in [3.63, 3.8) is 0 Å². The van der Waals surface area contributed by atoms with Crippen LogP contribution in [0, 0.1) is 0 Å².